The van der Waals surface area contributed by atoms with Crippen molar-refractivity contribution >= 4 is 5.91 Å². The first-order chi connectivity index (χ1) is 9.83. The summed E-state index contributed by atoms with van der Waals surface area (Å²) in [7, 11) is 0. The summed E-state index contributed by atoms with van der Waals surface area (Å²) in [6.07, 6.45) is -4.19. The number of nitrogens with one attached hydrogen (secondary N) is 2. The van der Waals surface area contributed by atoms with E-state index in [9.17, 15) is 18.0 Å². The predicted molar refractivity (Wildman–Crippen MR) is 69.4 cm³/mol. The molecule has 0 aromatic heterocycles. The third kappa shape index (κ3) is 4.91. The lowest BCUT2D eigenvalue weighted by Gasteiger charge is -2.12. The number of amides is 1. The molecule has 0 aliphatic carbocycles. The van der Waals surface area contributed by atoms with Crippen molar-refractivity contribution in [2.24, 2.45) is 5.73 Å². The van der Waals surface area contributed by atoms with Crippen LogP contribution in [-0.4, -0.2) is 30.9 Å². The van der Waals surface area contributed by atoms with Crippen LogP contribution in [0.4, 0.5) is 13.2 Å². The van der Waals surface area contributed by atoms with Crippen molar-refractivity contribution in [3.63, 3.8) is 0 Å². The van der Waals surface area contributed by atoms with Crippen molar-refractivity contribution in [1.82, 2.24) is 10.6 Å². The Kier molecular flexibility index (Phi) is 4.69. The van der Waals surface area contributed by atoms with Gasteiger partial charge < -0.3 is 21.1 Å². The number of carbonyl (C=O) groups is 1. The highest BCUT2D eigenvalue weighted by atomic mass is 19.4. The minimum Gasteiger partial charge on any atom is -0.406 e. The maximum absolute atomic E-state index is 12.1. The molecule has 2 unspecified atom stereocenters. The van der Waals surface area contributed by atoms with Crippen molar-refractivity contribution in [3.05, 3.63) is 29.8 Å². The highest BCUT2D eigenvalue weighted by Crippen LogP contribution is 2.23. The molecule has 0 spiro atoms. The molecule has 116 valence electrons. The van der Waals surface area contributed by atoms with Gasteiger partial charge in [-0.3, -0.25) is 4.79 Å². The van der Waals surface area contributed by atoms with Crippen molar-refractivity contribution in [1.29, 1.82) is 0 Å². The van der Waals surface area contributed by atoms with E-state index in [1.54, 1.807) is 6.07 Å². The molecule has 1 saturated heterocycles. The number of hydrogen-bond acceptors (Lipinski definition) is 4. The molecule has 5 nitrogen and oxygen atoms in total. The van der Waals surface area contributed by atoms with Gasteiger partial charge in [0.25, 0.3) is 0 Å². The Morgan fingerprint density at radius 1 is 1.48 bits per heavy atom. The highest BCUT2D eigenvalue weighted by Gasteiger charge is 2.31. The molecule has 2 rings (SSSR count). The van der Waals surface area contributed by atoms with Gasteiger partial charge in [-0.1, -0.05) is 12.1 Å². The van der Waals surface area contributed by atoms with Gasteiger partial charge >= 0.3 is 6.36 Å². The number of hydrogen-bond donors (Lipinski definition) is 3. The lowest BCUT2D eigenvalue weighted by molar-refractivity contribution is -0.274. The first-order valence-corrected chi connectivity index (χ1v) is 6.45. The summed E-state index contributed by atoms with van der Waals surface area (Å²) >= 11 is 0. The van der Waals surface area contributed by atoms with E-state index in [2.05, 4.69) is 15.4 Å². The minimum absolute atomic E-state index is 0.0516. The zero-order valence-corrected chi connectivity index (χ0v) is 11.1. The second kappa shape index (κ2) is 6.31. The molecule has 0 bridgehead atoms. The van der Waals surface area contributed by atoms with Gasteiger partial charge in [-0.25, -0.2) is 0 Å². The first kappa shape index (κ1) is 15.6. The standard InChI is InChI=1S/C13H16F3N3O2/c14-13(15,16)21-10-3-1-2-8(4-10)6-19-12(20)11-5-9(17)7-18-11/h1-4,9,11,18H,5-7,17H2,(H,19,20). The van der Waals surface area contributed by atoms with E-state index in [4.69, 9.17) is 5.73 Å². The largest absolute Gasteiger partial charge is 0.573 e. The average molecular weight is 303 g/mol. The lowest BCUT2D eigenvalue weighted by atomic mass is 10.1. The third-order valence-electron chi connectivity index (χ3n) is 3.08. The van der Waals surface area contributed by atoms with Crippen molar-refractivity contribution < 1.29 is 22.7 Å². The van der Waals surface area contributed by atoms with Gasteiger partial charge in [-0.15, -0.1) is 13.2 Å². The summed E-state index contributed by atoms with van der Waals surface area (Å²) in [5.41, 5.74) is 6.20. The summed E-state index contributed by atoms with van der Waals surface area (Å²) in [6.45, 7) is 0.703. The molecule has 0 radical (unpaired) electrons. The second-order valence-corrected chi connectivity index (χ2v) is 4.87. The van der Waals surface area contributed by atoms with E-state index in [1.165, 1.54) is 18.2 Å². The maximum atomic E-state index is 12.1. The number of carbonyl (C=O) groups excluding carboxylic acids is 1. The quantitative estimate of drug-likeness (QED) is 0.772. The van der Waals surface area contributed by atoms with Gasteiger partial charge in [0.2, 0.25) is 5.91 Å². The van der Waals surface area contributed by atoms with Crippen LogP contribution in [0, 0.1) is 0 Å². The topological polar surface area (TPSA) is 76.4 Å². The molecular formula is C13H16F3N3O2. The zero-order chi connectivity index (χ0) is 15.5. The van der Waals surface area contributed by atoms with Crippen molar-refractivity contribution in [3.8, 4) is 5.75 Å². The summed E-state index contributed by atoms with van der Waals surface area (Å²) < 4.78 is 40.2. The number of halogens is 3. The molecule has 1 amide bonds. The number of ether oxygens (including phenoxy) is 1. The Morgan fingerprint density at radius 3 is 2.86 bits per heavy atom. The molecule has 2 atom stereocenters. The molecule has 21 heavy (non-hydrogen) atoms. The summed E-state index contributed by atoms with van der Waals surface area (Å²) in [4.78, 5) is 11.8. The van der Waals surface area contributed by atoms with Crippen LogP contribution in [0.3, 0.4) is 0 Å². The molecule has 0 saturated carbocycles. The Labute approximate surface area is 119 Å². The monoisotopic (exact) mass is 303 g/mol. The number of benzene rings is 1. The van der Waals surface area contributed by atoms with Crippen LogP contribution in [0.1, 0.15) is 12.0 Å². The third-order valence-corrected chi connectivity index (χ3v) is 3.08. The van der Waals surface area contributed by atoms with Gasteiger partial charge in [-0.2, -0.15) is 0 Å². The summed E-state index contributed by atoms with van der Waals surface area (Å²) in [5, 5.41) is 5.63. The van der Waals surface area contributed by atoms with E-state index >= 15 is 0 Å². The van der Waals surface area contributed by atoms with Crippen LogP contribution >= 0.6 is 0 Å². The SMILES string of the molecule is NC1CNC(C(=O)NCc2cccc(OC(F)(F)F)c2)C1. The Hall–Kier alpha value is -1.80. The fourth-order valence-corrected chi connectivity index (χ4v) is 2.13. The molecule has 1 aromatic rings. The molecule has 1 heterocycles. The number of nitrogens with two attached hydrogens (primary N) is 1. The highest BCUT2D eigenvalue weighted by molar-refractivity contribution is 5.82. The van der Waals surface area contributed by atoms with Gasteiger partial charge in [-0.05, 0) is 24.1 Å². The van der Waals surface area contributed by atoms with Gasteiger partial charge in [0, 0.05) is 19.1 Å². The minimum atomic E-state index is -4.73. The molecule has 1 fully saturated rings. The lowest BCUT2D eigenvalue weighted by Crippen LogP contribution is -2.40. The number of alkyl halides is 3. The maximum Gasteiger partial charge on any atom is 0.573 e. The molecule has 1 aliphatic heterocycles. The van der Waals surface area contributed by atoms with E-state index in [1.807, 2.05) is 0 Å². The molecular weight excluding hydrogens is 287 g/mol. The van der Waals surface area contributed by atoms with Crippen LogP contribution in [0.2, 0.25) is 0 Å². The zero-order valence-electron chi connectivity index (χ0n) is 11.1. The van der Waals surface area contributed by atoms with Crippen LogP contribution in [0.15, 0.2) is 24.3 Å². The van der Waals surface area contributed by atoms with Crippen LogP contribution in [0.5, 0.6) is 5.75 Å². The molecule has 1 aliphatic rings. The molecule has 4 N–H and O–H groups in total. The fourth-order valence-electron chi connectivity index (χ4n) is 2.13. The Bertz CT molecular complexity index is 508. The van der Waals surface area contributed by atoms with Gasteiger partial charge in [0.1, 0.15) is 5.75 Å². The van der Waals surface area contributed by atoms with E-state index in [0.29, 0.717) is 18.5 Å². The van der Waals surface area contributed by atoms with Crippen molar-refractivity contribution in [2.45, 2.75) is 31.4 Å². The Morgan fingerprint density at radius 2 is 2.24 bits per heavy atom. The van der Waals surface area contributed by atoms with Gasteiger partial charge in [0.15, 0.2) is 0 Å². The Balaban J connectivity index is 1.88. The number of rotatable bonds is 4. The average Bonchev–Trinajstić information content (AvgIpc) is 2.81. The molecule has 8 heteroatoms. The van der Waals surface area contributed by atoms with E-state index < -0.39 is 6.36 Å². The summed E-state index contributed by atoms with van der Waals surface area (Å²) in [6, 6.07) is 5.08. The van der Waals surface area contributed by atoms with Gasteiger partial charge in [0.05, 0.1) is 6.04 Å². The second-order valence-electron chi connectivity index (χ2n) is 4.87. The fraction of sp³-hybridized carbons (Fsp3) is 0.462. The smallest absolute Gasteiger partial charge is 0.406 e. The normalized spacial score (nSPS) is 22.1. The predicted octanol–water partition coefficient (Wildman–Crippen LogP) is 0.891. The van der Waals surface area contributed by atoms with Crippen LogP contribution in [-0.2, 0) is 11.3 Å². The first-order valence-electron chi connectivity index (χ1n) is 6.45. The van der Waals surface area contributed by atoms with Crippen LogP contribution < -0.4 is 21.1 Å². The summed E-state index contributed by atoms with van der Waals surface area (Å²) in [5.74, 6) is -0.527. The van der Waals surface area contributed by atoms with E-state index in [0.717, 1.165) is 0 Å². The van der Waals surface area contributed by atoms with Crippen LogP contribution in [0.25, 0.3) is 0 Å². The van der Waals surface area contributed by atoms with Crippen molar-refractivity contribution in [2.75, 3.05) is 6.54 Å². The molecule has 1 aromatic carbocycles. The van der Waals surface area contributed by atoms with E-state index in [-0.39, 0.29) is 30.3 Å².